The first-order valence-electron chi connectivity index (χ1n) is 7.16. The first-order chi connectivity index (χ1) is 10.1. The molecule has 0 radical (unpaired) electrons. The molecule has 118 valence electrons. The molecule has 1 aromatic carbocycles. The third-order valence-corrected chi connectivity index (χ3v) is 3.72. The topological polar surface area (TPSA) is 50.7 Å². The Labute approximate surface area is 123 Å². The van der Waals surface area contributed by atoms with Crippen molar-refractivity contribution in [2.75, 3.05) is 13.7 Å². The zero-order valence-corrected chi connectivity index (χ0v) is 12.0. The summed E-state index contributed by atoms with van der Waals surface area (Å²) in [6.07, 6.45) is 3.38. The van der Waals surface area contributed by atoms with Crippen LogP contribution in [-0.4, -0.2) is 31.4 Å². The predicted molar refractivity (Wildman–Crippen MR) is 74.8 cm³/mol. The lowest BCUT2D eigenvalue weighted by Crippen LogP contribution is -2.34. The summed E-state index contributed by atoms with van der Waals surface area (Å²) in [4.78, 5) is 0. The largest absolute Gasteiger partial charge is 0.493 e. The lowest BCUT2D eigenvalue weighted by atomic mass is 9.98. The Kier molecular flexibility index (Phi) is 5.76. The number of nitrogens with one attached hydrogen (secondary N) is 1. The highest BCUT2D eigenvalue weighted by atomic mass is 19.3. The highest BCUT2D eigenvalue weighted by molar-refractivity contribution is 5.43. The third kappa shape index (κ3) is 4.28. The Morgan fingerprint density at radius 3 is 2.76 bits per heavy atom. The van der Waals surface area contributed by atoms with Gasteiger partial charge in [0.15, 0.2) is 11.5 Å². The first-order valence-corrected chi connectivity index (χ1v) is 7.16. The van der Waals surface area contributed by atoms with Crippen molar-refractivity contribution in [2.45, 2.75) is 44.4 Å². The monoisotopic (exact) mass is 301 g/mol. The van der Waals surface area contributed by atoms with E-state index in [4.69, 9.17) is 4.74 Å². The second kappa shape index (κ2) is 7.56. The number of hydrogen-bond donors (Lipinski definition) is 2. The molecule has 21 heavy (non-hydrogen) atoms. The molecule has 6 heteroatoms. The summed E-state index contributed by atoms with van der Waals surface area (Å²) in [5.74, 6) is 0.165. The van der Waals surface area contributed by atoms with E-state index in [9.17, 15) is 13.9 Å². The Balaban J connectivity index is 2.17. The van der Waals surface area contributed by atoms with Crippen molar-refractivity contribution in [1.82, 2.24) is 5.32 Å². The number of hydrogen-bond acceptors (Lipinski definition) is 4. The smallest absolute Gasteiger partial charge is 0.387 e. The molecule has 1 aromatic rings. The van der Waals surface area contributed by atoms with Crippen LogP contribution in [0.2, 0.25) is 0 Å². The van der Waals surface area contributed by atoms with Crippen molar-refractivity contribution in [1.29, 1.82) is 0 Å². The maximum atomic E-state index is 12.4. The van der Waals surface area contributed by atoms with Crippen molar-refractivity contribution < 1.29 is 23.4 Å². The summed E-state index contributed by atoms with van der Waals surface area (Å²) in [6, 6.07) is 4.56. The summed E-state index contributed by atoms with van der Waals surface area (Å²) in [6.45, 7) is -2.07. The van der Waals surface area contributed by atoms with Crippen molar-refractivity contribution >= 4 is 0 Å². The van der Waals surface area contributed by atoms with Crippen LogP contribution in [0.3, 0.4) is 0 Å². The lowest BCUT2D eigenvalue weighted by Gasteiger charge is -2.23. The van der Waals surface area contributed by atoms with Crippen LogP contribution in [0, 0.1) is 0 Å². The fourth-order valence-electron chi connectivity index (χ4n) is 2.62. The lowest BCUT2D eigenvalue weighted by molar-refractivity contribution is -0.0513. The number of ether oxygens (including phenoxy) is 2. The molecule has 2 atom stereocenters. The van der Waals surface area contributed by atoms with Crippen LogP contribution in [-0.2, 0) is 0 Å². The number of rotatable bonds is 5. The minimum Gasteiger partial charge on any atom is -0.493 e. The Morgan fingerprint density at radius 1 is 1.24 bits per heavy atom. The van der Waals surface area contributed by atoms with Gasteiger partial charge in [-0.05, 0) is 37.1 Å². The second-order valence-corrected chi connectivity index (χ2v) is 5.14. The van der Waals surface area contributed by atoms with Gasteiger partial charge in [0.25, 0.3) is 0 Å². The number of aliphatic hydroxyl groups excluding tert-OH is 1. The van der Waals surface area contributed by atoms with E-state index in [2.05, 4.69) is 10.1 Å². The average molecular weight is 301 g/mol. The molecule has 0 bridgehead atoms. The Hall–Kier alpha value is -1.40. The van der Waals surface area contributed by atoms with Crippen LogP contribution < -0.4 is 14.8 Å². The fraction of sp³-hybridized carbons (Fsp3) is 0.600. The molecule has 1 heterocycles. The molecule has 1 aliphatic rings. The SMILES string of the molecule is COc1ccc(C(O)C2CCCCCN2)cc1OC(F)F. The quantitative estimate of drug-likeness (QED) is 0.878. The number of methoxy groups -OCH3 is 1. The normalized spacial score (nSPS) is 20.9. The van der Waals surface area contributed by atoms with Gasteiger partial charge in [0.1, 0.15) is 0 Å². The Morgan fingerprint density at radius 2 is 2.05 bits per heavy atom. The van der Waals surface area contributed by atoms with Gasteiger partial charge in [-0.15, -0.1) is 0 Å². The van der Waals surface area contributed by atoms with E-state index in [0.29, 0.717) is 5.56 Å². The van der Waals surface area contributed by atoms with Crippen molar-refractivity contribution in [3.05, 3.63) is 23.8 Å². The molecule has 0 saturated carbocycles. The molecule has 4 nitrogen and oxygen atoms in total. The maximum absolute atomic E-state index is 12.4. The number of halogens is 2. The second-order valence-electron chi connectivity index (χ2n) is 5.14. The van der Waals surface area contributed by atoms with Crippen LogP contribution >= 0.6 is 0 Å². The summed E-state index contributed by atoms with van der Waals surface area (Å²) in [5.41, 5.74) is 0.547. The average Bonchev–Trinajstić information content (AvgIpc) is 2.75. The first kappa shape index (κ1) is 16.0. The highest BCUT2D eigenvalue weighted by Gasteiger charge is 2.23. The van der Waals surface area contributed by atoms with E-state index in [-0.39, 0.29) is 17.5 Å². The van der Waals surface area contributed by atoms with E-state index in [1.165, 1.54) is 19.2 Å². The molecule has 1 aliphatic heterocycles. The van der Waals surface area contributed by atoms with E-state index < -0.39 is 12.7 Å². The molecular weight excluding hydrogens is 280 g/mol. The molecule has 2 unspecified atom stereocenters. The van der Waals surface area contributed by atoms with Crippen LogP contribution in [0.15, 0.2) is 18.2 Å². The number of aliphatic hydroxyl groups is 1. The molecule has 1 saturated heterocycles. The van der Waals surface area contributed by atoms with Gasteiger partial charge in [-0.2, -0.15) is 8.78 Å². The molecule has 0 spiro atoms. The van der Waals surface area contributed by atoms with E-state index in [1.54, 1.807) is 6.07 Å². The summed E-state index contributed by atoms with van der Waals surface area (Å²) >= 11 is 0. The zero-order valence-electron chi connectivity index (χ0n) is 12.0. The summed E-state index contributed by atoms with van der Waals surface area (Å²) in [5, 5.41) is 13.7. The van der Waals surface area contributed by atoms with Gasteiger partial charge in [0.2, 0.25) is 0 Å². The van der Waals surface area contributed by atoms with Gasteiger partial charge in [-0.25, -0.2) is 0 Å². The fourth-order valence-corrected chi connectivity index (χ4v) is 2.62. The molecule has 1 fully saturated rings. The zero-order chi connectivity index (χ0) is 15.2. The minimum atomic E-state index is -2.93. The minimum absolute atomic E-state index is 0.0577. The van der Waals surface area contributed by atoms with E-state index >= 15 is 0 Å². The highest BCUT2D eigenvalue weighted by Crippen LogP contribution is 2.33. The molecule has 0 amide bonds. The van der Waals surface area contributed by atoms with Crippen molar-refractivity contribution in [3.63, 3.8) is 0 Å². The van der Waals surface area contributed by atoms with Crippen LogP contribution in [0.4, 0.5) is 8.78 Å². The van der Waals surface area contributed by atoms with Gasteiger partial charge in [0, 0.05) is 6.04 Å². The van der Waals surface area contributed by atoms with Crippen molar-refractivity contribution in [3.8, 4) is 11.5 Å². The van der Waals surface area contributed by atoms with Gasteiger partial charge in [-0.1, -0.05) is 18.9 Å². The summed E-state index contributed by atoms with van der Waals surface area (Å²) < 4.78 is 34.3. The van der Waals surface area contributed by atoms with Crippen molar-refractivity contribution in [2.24, 2.45) is 0 Å². The third-order valence-electron chi connectivity index (χ3n) is 3.72. The molecule has 2 rings (SSSR count). The molecular formula is C15H21F2NO3. The molecule has 2 N–H and O–H groups in total. The van der Waals surface area contributed by atoms with E-state index in [0.717, 1.165) is 32.2 Å². The predicted octanol–water partition coefficient (Wildman–Crippen LogP) is 2.86. The van der Waals surface area contributed by atoms with Crippen LogP contribution in [0.1, 0.15) is 37.4 Å². The standard InChI is InChI=1S/C15H21F2NO3/c1-20-12-7-6-10(9-13(12)21-15(16)17)14(19)11-5-3-2-4-8-18-11/h6-7,9,11,14-15,18-19H,2-5,8H2,1H3. The van der Waals surface area contributed by atoms with E-state index in [1.807, 2.05) is 0 Å². The van der Waals surface area contributed by atoms with Crippen LogP contribution in [0.25, 0.3) is 0 Å². The number of alkyl halides is 2. The molecule has 0 aliphatic carbocycles. The summed E-state index contributed by atoms with van der Waals surface area (Å²) in [7, 11) is 1.39. The van der Waals surface area contributed by atoms with Gasteiger partial charge < -0.3 is 19.9 Å². The Bertz CT molecular complexity index is 449. The number of benzene rings is 1. The van der Waals surface area contributed by atoms with Gasteiger partial charge in [0.05, 0.1) is 13.2 Å². The molecule has 0 aromatic heterocycles. The maximum Gasteiger partial charge on any atom is 0.387 e. The van der Waals surface area contributed by atoms with Crippen LogP contribution in [0.5, 0.6) is 11.5 Å². The van der Waals surface area contributed by atoms with Gasteiger partial charge in [-0.3, -0.25) is 0 Å². The van der Waals surface area contributed by atoms with Gasteiger partial charge >= 0.3 is 6.61 Å².